The van der Waals surface area contributed by atoms with Crippen LogP contribution in [0.1, 0.15) is 0 Å². The fraction of sp³-hybridized carbons (Fsp3) is 0. The third kappa shape index (κ3) is 3.98. The Bertz CT molecular complexity index is 2780. The minimum Gasteiger partial charge on any atom is -0.278 e. The zero-order chi connectivity index (χ0) is 30.9. The number of para-hydroxylation sites is 1. The quantitative estimate of drug-likeness (QED) is 0.150. The van der Waals surface area contributed by atoms with Gasteiger partial charge in [0.05, 0.1) is 11.0 Å². The molecule has 47 heavy (non-hydrogen) atoms. The first-order valence-electron chi connectivity index (χ1n) is 15.9. The first kappa shape index (κ1) is 25.9. The van der Waals surface area contributed by atoms with Crippen LogP contribution in [0.2, 0.25) is 0 Å². The summed E-state index contributed by atoms with van der Waals surface area (Å²) in [5.74, 6) is 1.88. The molecular weight excluding hydrogens is 573 g/mol. The minimum atomic E-state index is 0.597. The average molecular weight is 599 g/mol. The molecule has 0 aliphatic heterocycles. The van der Waals surface area contributed by atoms with Crippen molar-refractivity contribution in [3.05, 3.63) is 158 Å². The topological polar surface area (TPSA) is 43.6 Å². The van der Waals surface area contributed by atoms with Gasteiger partial charge in [-0.25, -0.2) is 4.98 Å². The summed E-state index contributed by atoms with van der Waals surface area (Å²) < 4.78 is 2.21. The van der Waals surface area contributed by atoms with Crippen molar-refractivity contribution >= 4 is 64.9 Å². The molecule has 10 rings (SSSR count). The van der Waals surface area contributed by atoms with Crippen molar-refractivity contribution in [1.82, 2.24) is 19.5 Å². The largest absolute Gasteiger partial charge is 0.278 e. The van der Waals surface area contributed by atoms with Gasteiger partial charge in [-0.05, 0) is 73.4 Å². The molecule has 0 aliphatic carbocycles. The summed E-state index contributed by atoms with van der Waals surface area (Å²) in [6.45, 7) is 0. The predicted molar refractivity (Wildman–Crippen MR) is 195 cm³/mol. The lowest BCUT2D eigenvalue weighted by molar-refractivity contribution is 0.954. The van der Waals surface area contributed by atoms with Crippen LogP contribution in [0.5, 0.6) is 0 Å². The van der Waals surface area contributed by atoms with Gasteiger partial charge >= 0.3 is 0 Å². The molecule has 0 bridgehead atoms. The van der Waals surface area contributed by atoms with Crippen LogP contribution in [0, 0.1) is 0 Å². The molecule has 8 aromatic carbocycles. The van der Waals surface area contributed by atoms with E-state index in [9.17, 15) is 0 Å². The van der Waals surface area contributed by atoms with E-state index in [2.05, 4.69) is 102 Å². The van der Waals surface area contributed by atoms with Crippen LogP contribution in [0.4, 0.5) is 0 Å². The van der Waals surface area contributed by atoms with Crippen LogP contribution >= 0.6 is 0 Å². The van der Waals surface area contributed by atoms with Crippen LogP contribution in [-0.2, 0) is 0 Å². The van der Waals surface area contributed by atoms with Crippen LogP contribution in [-0.4, -0.2) is 19.5 Å². The van der Waals surface area contributed by atoms with E-state index in [1.165, 1.54) is 48.5 Å². The minimum absolute atomic E-state index is 0.597. The first-order chi connectivity index (χ1) is 23.3. The number of rotatable bonds is 3. The van der Waals surface area contributed by atoms with Crippen molar-refractivity contribution in [2.75, 3.05) is 0 Å². The smallest absolute Gasteiger partial charge is 0.238 e. The highest BCUT2D eigenvalue weighted by atomic mass is 15.2. The monoisotopic (exact) mass is 598 g/mol. The molecule has 0 saturated carbocycles. The van der Waals surface area contributed by atoms with Crippen molar-refractivity contribution in [2.24, 2.45) is 0 Å². The van der Waals surface area contributed by atoms with E-state index >= 15 is 0 Å². The molecule has 0 N–H and O–H groups in total. The Morgan fingerprint density at radius 3 is 1.40 bits per heavy atom. The average Bonchev–Trinajstić information content (AvgIpc) is 3.47. The van der Waals surface area contributed by atoms with Crippen molar-refractivity contribution in [2.45, 2.75) is 0 Å². The lowest BCUT2D eigenvalue weighted by Gasteiger charge is -2.14. The third-order valence-electron chi connectivity index (χ3n) is 9.38. The van der Waals surface area contributed by atoms with Crippen molar-refractivity contribution < 1.29 is 0 Å². The molecule has 10 aromatic rings. The van der Waals surface area contributed by atoms with Crippen LogP contribution in [0.15, 0.2) is 158 Å². The number of fused-ring (bicyclic) bond motifs is 10. The Balaban J connectivity index is 1.35. The molecule has 0 atom stereocenters. The van der Waals surface area contributed by atoms with E-state index in [0.29, 0.717) is 17.6 Å². The third-order valence-corrected chi connectivity index (χ3v) is 9.38. The molecular formula is C43H26N4. The zero-order valence-corrected chi connectivity index (χ0v) is 25.3. The maximum absolute atomic E-state index is 5.14. The number of benzene rings is 8. The fourth-order valence-corrected chi connectivity index (χ4v) is 7.21. The summed E-state index contributed by atoms with van der Waals surface area (Å²) in [5.41, 5.74) is 4.02. The highest BCUT2D eigenvalue weighted by molar-refractivity contribution is 6.30. The molecule has 0 spiro atoms. The molecule has 2 heterocycles. The van der Waals surface area contributed by atoms with Crippen molar-refractivity contribution in [1.29, 1.82) is 0 Å². The summed E-state index contributed by atoms with van der Waals surface area (Å²) in [6.07, 6.45) is 0. The molecule has 0 radical (unpaired) electrons. The van der Waals surface area contributed by atoms with Gasteiger partial charge in [0, 0.05) is 21.9 Å². The number of nitrogens with zero attached hydrogens (tertiary/aromatic N) is 4. The molecule has 0 amide bonds. The van der Waals surface area contributed by atoms with E-state index < -0.39 is 0 Å². The number of hydrogen-bond donors (Lipinski definition) is 0. The Morgan fingerprint density at radius 1 is 0.319 bits per heavy atom. The second-order valence-corrected chi connectivity index (χ2v) is 12.1. The zero-order valence-electron chi connectivity index (χ0n) is 25.3. The van der Waals surface area contributed by atoms with Gasteiger partial charge < -0.3 is 0 Å². The molecule has 218 valence electrons. The van der Waals surface area contributed by atoms with E-state index in [0.717, 1.165) is 27.5 Å². The standard InChI is InChI=1S/C43H26N4/c1-3-13-27(14-4-1)41-44-42(28-15-5-2-6-16-28)46-43(45-41)47-39-22-12-11-21-33(39)38-25-36-35-24-30-18-8-7-17-29(30)23-34(35)31-19-9-10-20-32(31)37(36)26-40(38)47/h1-26H. The lowest BCUT2D eigenvalue weighted by Crippen LogP contribution is -2.06. The molecule has 4 nitrogen and oxygen atoms in total. The van der Waals surface area contributed by atoms with Gasteiger partial charge in [0.1, 0.15) is 0 Å². The summed E-state index contributed by atoms with van der Waals surface area (Å²) in [4.78, 5) is 15.2. The predicted octanol–water partition coefficient (Wildman–Crippen LogP) is 10.9. The molecule has 0 fully saturated rings. The van der Waals surface area contributed by atoms with Gasteiger partial charge in [0.15, 0.2) is 11.6 Å². The van der Waals surface area contributed by atoms with Crippen LogP contribution in [0.25, 0.3) is 93.6 Å². The van der Waals surface area contributed by atoms with Gasteiger partial charge in [-0.2, -0.15) is 9.97 Å². The second-order valence-electron chi connectivity index (χ2n) is 12.1. The van der Waals surface area contributed by atoms with Crippen molar-refractivity contribution in [3.63, 3.8) is 0 Å². The molecule has 0 unspecified atom stereocenters. The van der Waals surface area contributed by atoms with E-state index in [-0.39, 0.29) is 0 Å². The summed E-state index contributed by atoms with van der Waals surface area (Å²) in [6, 6.07) is 55.7. The Hall–Kier alpha value is -6.39. The Labute approximate surface area is 270 Å². The maximum atomic E-state index is 5.14. The van der Waals surface area contributed by atoms with Gasteiger partial charge in [0.2, 0.25) is 5.95 Å². The molecule has 0 aliphatic rings. The van der Waals surface area contributed by atoms with Gasteiger partial charge in [-0.3, -0.25) is 4.57 Å². The second kappa shape index (κ2) is 10.1. The van der Waals surface area contributed by atoms with Gasteiger partial charge in [-0.1, -0.05) is 127 Å². The van der Waals surface area contributed by atoms with Gasteiger partial charge in [-0.15, -0.1) is 0 Å². The highest BCUT2D eigenvalue weighted by Crippen LogP contribution is 2.42. The normalized spacial score (nSPS) is 11.8. The van der Waals surface area contributed by atoms with E-state index in [4.69, 9.17) is 15.0 Å². The number of aromatic nitrogens is 4. The first-order valence-corrected chi connectivity index (χ1v) is 15.9. The number of hydrogen-bond acceptors (Lipinski definition) is 3. The van der Waals surface area contributed by atoms with Crippen molar-refractivity contribution in [3.8, 4) is 28.7 Å². The van der Waals surface area contributed by atoms with E-state index in [1.807, 2.05) is 60.7 Å². The molecule has 2 aromatic heterocycles. The summed E-state index contributed by atoms with van der Waals surface area (Å²) in [5, 5.41) is 12.3. The Kier molecular flexibility index (Phi) is 5.54. The summed E-state index contributed by atoms with van der Waals surface area (Å²) in [7, 11) is 0. The highest BCUT2D eigenvalue weighted by Gasteiger charge is 2.20. The molecule has 4 heteroatoms. The maximum Gasteiger partial charge on any atom is 0.238 e. The molecule has 0 saturated heterocycles. The lowest BCUT2D eigenvalue weighted by atomic mass is 9.91. The van der Waals surface area contributed by atoms with Crippen LogP contribution in [0.3, 0.4) is 0 Å². The van der Waals surface area contributed by atoms with Crippen LogP contribution < -0.4 is 0 Å². The van der Waals surface area contributed by atoms with E-state index in [1.54, 1.807) is 0 Å². The fourth-order valence-electron chi connectivity index (χ4n) is 7.21. The Morgan fingerprint density at radius 2 is 0.787 bits per heavy atom. The summed E-state index contributed by atoms with van der Waals surface area (Å²) >= 11 is 0. The van der Waals surface area contributed by atoms with Gasteiger partial charge in [0.25, 0.3) is 0 Å². The SMILES string of the molecule is c1ccc(-c2nc(-c3ccccc3)nc(-n3c4ccccc4c4cc5c6cc7ccccc7cc6c6ccccc6c5cc43)n2)cc1.